The second-order valence-electron chi connectivity index (χ2n) is 4.84. The maximum Gasteiger partial charge on any atom is 0.267 e. The van der Waals surface area contributed by atoms with E-state index in [0.29, 0.717) is 5.13 Å². The number of rotatable bonds is 4. The van der Waals surface area contributed by atoms with Gasteiger partial charge in [-0.25, -0.2) is 17.4 Å². The second kappa shape index (κ2) is 5.98. The van der Waals surface area contributed by atoms with Crippen LogP contribution >= 0.6 is 11.3 Å². The minimum absolute atomic E-state index is 0.172. The van der Waals surface area contributed by atoms with Crippen molar-refractivity contribution in [1.82, 2.24) is 8.96 Å². The van der Waals surface area contributed by atoms with Gasteiger partial charge in [0.25, 0.3) is 15.9 Å². The first-order valence-electron chi connectivity index (χ1n) is 6.68. The first-order valence-corrected chi connectivity index (χ1v) is 9.00. The molecule has 0 spiro atoms. The Morgan fingerprint density at radius 2 is 1.96 bits per heavy atom. The van der Waals surface area contributed by atoms with Crippen LogP contribution in [0.15, 0.2) is 59.2 Å². The molecule has 2 heterocycles. The fourth-order valence-corrected chi connectivity index (χ4v) is 3.67. The van der Waals surface area contributed by atoms with Crippen LogP contribution in [0.25, 0.3) is 0 Å². The van der Waals surface area contributed by atoms with Gasteiger partial charge >= 0.3 is 0 Å². The summed E-state index contributed by atoms with van der Waals surface area (Å²) in [6.45, 7) is 1.88. The molecule has 0 aliphatic carbocycles. The number of nitrogens with one attached hydrogen (secondary N) is 1. The fourth-order valence-electron chi connectivity index (χ4n) is 1.95. The summed E-state index contributed by atoms with van der Waals surface area (Å²) >= 11 is 1.29. The third-order valence-corrected chi connectivity index (χ3v) is 5.52. The monoisotopic (exact) mass is 347 g/mol. The Kier molecular flexibility index (Phi) is 4.01. The van der Waals surface area contributed by atoms with Crippen molar-refractivity contribution in [3.63, 3.8) is 0 Å². The highest BCUT2D eigenvalue weighted by Crippen LogP contribution is 2.17. The van der Waals surface area contributed by atoms with E-state index in [1.165, 1.54) is 29.8 Å². The molecule has 0 atom stereocenters. The van der Waals surface area contributed by atoms with Gasteiger partial charge in [0, 0.05) is 24.0 Å². The lowest BCUT2D eigenvalue weighted by Crippen LogP contribution is -2.13. The van der Waals surface area contributed by atoms with Crippen LogP contribution in [0.3, 0.4) is 0 Å². The van der Waals surface area contributed by atoms with E-state index in [1.807, 2.05) is 6.92 Å². The quantitative estimate of drug-likeness (QED) is 0.787. The van der Waals surface area contributed by atoms with Crippen molar-refractivity contribution in [2.45, 2.75) is 11.8 Å². The number of amides is 1. The molecule has 0 aliphatic heterocycles. The summed E-state index contributed by atoms with van der Waals surface area (Å²) in [6, 6.07) is 7.99. The molecule has 3 aromatic rings. The standard InChI is InChI=1S/C15H13N3O3S2/c1-11-2-4-13(5-3-11)23(20,21)18-8-6-12(10-18)14(19)17-15-16-7-9-22-15/h2-10H,1H3,(H,16,17,19). The zero-order valence-electron chi connectivity index (χ0n) is 12.1. The highest BCUT2D eigenvalue weighted by Gasteiger charge is 2.18. The van der Waals surface area contributed by atoms with E-state index in [1.54, 1.807) is 35.8 Å². The zero-order valence-corrected chi connectivity index (χ0v) is 13.8. The molecule has 0 fully saturated rings. The summed E-state index contributed by atoms with van der Waals surface area (Å²) in [7, 11) is -3.71. The lowest BCUT2D eigenvalue weighted by atomic mass is 10.2. The number of anilines is 1. The van der Waals surface area contributed by atoms with Gasteiger partial charge in [-0.15, -0.1) is 11.3 Å². The Morgan fingerprint density at radius 1 is 1.22 bits per heavy atom. The predicted molar refractivity (Wildman–Crippen MR) is 88.3 cm³/mol. The minimum atomic E-state index is -3.71. The molecular weight excluding hydrogens is 334 g/mol. The highest BCUT2D eigenvalue weighted by atomic mass is 32.2. The average molecular weight is 347 g/mol. The molecule has 0 unspecified atom stereocenters. The van der Waals surface area contributed by atoms with Crippen LogP contribution in [0.1, 0.15) is 15.9 Å². The molecule has 1 N–H and O–H groups in total. The van der Waals surface area contributed by atoms with Gasteiger partial charge < -0.3 is 0 Å². The van der Waals surface area contributed by atoms with Gasteiger partial charge in [-0.2, -0.15) is 0 Å². The van der Waals surface area contributed by atoms with Crippen LogP contribution in [0.4, 0.5) is 5.13 Å². The van der Waals surface area contributed by atoms with E-state index < -0.39 is 15.9 Å². The summed E-state index contributed by atoms with van der Waals surface area (Å²) < 4.78 is 26.1. The van der Waals surface area contributed by atoms with Crippen LogP contribution in [-0.2, 0) is 10.0 Å². The van der Waals surface area contributed by atoms with Crippen molar-refractivity contribution in [3.8, 4) is 0 Å². The van der Waals surface area contributed by atoms with Crippen molar-refractivity contribution in [3.05, 3.63) is 65.4 Å². The number of aromatic nitrogens is 2. The minimum Gasteiger partial charge on any atom is -0.298 e. The van der Waals surface area contributed by atoms with Crippen molar-refractivity contribution < 1.29 is 13.2 Å². The lowest BCUT2D eigenvalue weighted by Gasteiger charge is -2.05. The number of benzene rings is 1. The zero-order chi connectivity index (χ0) is 16.4. The summed E-state index contributed by atoms with van der Waals surface area (Å²) in [5.41, 5.74) is 1.22. The van der Waals surface area contributed by atoms with E-state index in [2.05, 4.69) is 10.3 Å². The van der Waals surface area contributed by atoms with Crippen LogP contribution in [0.2, 0.25) is 0 Å². The maximum atomic E-state index is 12.5. The van der Waals surface area contributed by atoms with Gasteiger partial charge in [0.1, 0.15) is 0 Å². The fraction of sp³-hybridized carbons (Fsp3) is 0.0667. The van der Waals surface area contributed by atoms with Crippen molar-refractivity contribution >= 4 is 32.4 Å². The number of thiazole rings is 1. The number of aryl methyl sites for hydroxylation is 1. The molecule has 1 amide bonds. The number of hydrogen-bond acceptors (Lipinski definition) is 5. The smallest absolute Gasteiger partial charge is 0.267 e. The normalized spacial score (nSPS) is 11.3. The third-order valence-electron chi connectivity index (χ3n) is 3.18. The highest BCUT2D eigenvalue weighted by molar-refractivity contribution is 7.90. The molecule has 118 valence electrons. The van der Waals surface area contributed by atoms with Crippen LogP contribution in [-0.4, -0.2) is 23.3 Å². The summed E-state index contributed by atoms with van der Waals surface area (Å²) in [6.07, 6.45) is 4.22. The van der Waals surface area contributed by atoms with Gasteiger partial charge in [-0.1, -0.05) is 17.7 Å². The van der Waals surface area contributed by atoms with Crippen molar-refractivity contribution in [2.24, 2.45) is 0 Å². The number of carbonyl (C=O) groups excluding carboxylic acids is 1. The van der Waals surface area contributed by atoms with Crippen molar-refractivity contribution in [1.29, 1.82) is 0 Å². The number of hydrogen-bond donors (Lipinski definition) is 1. The molecule has 0 aliphatic rings. The van der Waals surface area contributed by atoms with Gasteiger partial charge in [0.15, 0.2) is 5.13 Å². The van der Waals surface area contributed by atoms with Crippen molar-refractivity contribution in [2.75, 3.05) is 5.32 Å². The van der Waals surface area contributed by atoms with Crippen LogP contribution in [0, 0.1) is 6.92 Å². The van der Waals surface area contributed by atoms with E-state index >= 15 is 0 Å². The molecule has 2 aromatic heterocycles. The first kappa shape index (κ1) is 15.4. The molecule has 0 radical (unpaired) electrons. The third kappa shape index (κ3) is 3.17. The van der Waals surface area contributed by atoms with Gasteiger partial charge in [-0.05, 0) is 25.1 Å². The van der Waals surface area contributed by atoms with Gasteiger partial charge in [0.05, 0.1) is 10.5 Å². The van der Waals surface area contributed by atoms with Gasteiger partial charge in [-0.3, -0.25) is 10.1 Å². The molecule has 8 heteroatoms. The summed E-state index contributed by atoms with van der Waals surface area (Å²) in [5, 5.41) is 4.81. The Hall–Kier alpha value is -2.45. The molecule has 3 rings (SSSR count). The molecule has 0 saturated carbocycles. The predicted octanol–water partition coefficient (Wildman–Crippen LogP) is 2.74. The Labute approximate surface area is 137 Å². The maximum absolute atomic E-state index is 12.5. The molecule has 0 bridgehead atoms. The Bertz CT molecular complexity index is 927. The SMILES string of the molecule is Cc1ccc(S(=O)(=O)n2ccc(C(=O)Nc3nccs3)c2)cc1. The van der Waals surface area contributed by atoms with Gasteiger partial charge in [0.2, 0.25) is 0 Å². The van der Waals surface area contributed by atoms with Crippen LogP contribution < -0.4 is 5.32 Å². The Balaban J connectivity index is 1.86. The lowest BCUT2D eigenvalue weighted by molar-refractivity contribution is 0.102. The van der Waals surface area contributed by atoms with E-state index in [-0.39, 0.29) is 10.5 Å². The largest absolute Gasteiger partial charge is 0.298 e. The average Bonchev–Trinajstić information content (AvgIpc) is 3.19. The van der Waals surface area contributed by atoms with E-state index in [0.717, 1.165) is 9.54 Å². The molecular formula is C15H13N3O3S2. The Morgan fingerprint density at radius 3 is 2.61 bits per heavy atom. The van der Waals surface area contributed by atoms with E-state index in [4.69, 9.17) is 0 Å². The number of nitrogens with zero attached hydrogens (tertiary/aromatic N) is 2. The second-order valence-corrected chi connectivity index (χ2v) is 7.58. The van der Waals surface area contributed by atoms with Crippen LogP contribution in [0.5, 0.6) is 0 Å². The topological polar surface area (TPSA) is 81.1 Å². The summed E-state index contributed by atoms with van der Waals surface area (Å²) in [5.74, 6) is -0.405. The first-order chi connectivity index (χ1) is 11.0. The molecule has 0 saturated heterocycles. The number of carbonyl (C=O) groups is 1. The molecule has 6 nitrogen and oxygen atoms in total. The molecule has 23 heavy (non-hydrogen) atoms. The summed E-state index contributed by atoms with van der Waals surface area (Å²) in [4.78, 5) is 16.2. The molecule has 1 aromatic carbocycles. The van der Waals surface area contributed by atoms with E-state index in [9.17, 15) is 13.2 Å².